The Hall–Kier alpha value is -0.630. The Morgan fingerprint density at radius 1 is 1.09 bits per heavy atom. The number of hydrogen-bond donors (Lipinski definition) is 0. The zero-order chi connectivity index (χ0) is 17.0. The van der Waals surface area contributed by atoms with Crippen LogP contribution < -0.4 is 0 Å². The number of sulfonamides is 1. The highest BCUT2D eigenvalue weighted by Crippen LogP contribution is 2.42. The van der Waals surface area contributed by atoms with Gasteiger partial charge in [0.15, 0.2) is 0 Å². The van der Waals surface area contributed by atoms with Crippen molar-refractivity contribution >= 4 is 31.5 Å². The second-order valence-electron chi connectivity index (χ2n) is 6.51. The molecule has 0 aromatic heterocycles. The largest absolute Gasteiger partial charge is 0.243 e. The van der Waals surface area contributed by atoms with E-state index < -0.39 is 25.1 Å². The van der Waals surface area contributed by atoms with Crippen LogP contribution in [0.5, 0.6) is 0 Å². The van der Waals surface area contributed by atoms with Crippen LogP contribution in [0, 0.1) is 6.92 Å². The van der Waals surface area contributed by atoms with Gasteiger partial charge in [-0.05, 0) is 50.3 Å². The molecule has 0 saturated carbocycles. The van der Waals surface area contributed by atoms with Crippen molar-refractivity contribution in [3.8, 4) is 0 Å². The van der Waals surface area contributed by atoms with E-state index in [2.05, 4.69) is 0 Å². The van der Waals surface area contributed by atoms with Gasteiger partial charge in [0, 0.05) is 23.4 Å². The SMILES string of the molecule is Cc1c(Cl)cccc1S(=O)(=O)N1C2CCC1CC(S(C)(=O)=O)C2. The molecule has 2 unspecified atom stereocenters. The van der Waals surface area contributed by atoms with Gasteiger partial charge in [-0.3, -0.25) is 0 Å². The number of rotatable bonds is 3. The lowest BCUT2D eigenvalue weighted by Gasteiger charge is -2.37. The number of sulfone groups is 1. The number of piperidine rings is 1. The molecule has 0 N–H and O–H groups in total. The minimum Gasteiger partial charge on any atom is -0.229 e. The van der Waals surface area contributed by atoms with Crippen LogP contribution >= 0.6 is 11.6 Å². The Labute approximate surface area is 142 Å². The number of halogens is 1. The first kappa shape index (κ1) is 17.2. The molecule has 3 rings (SSSR count). The van der Waals surface area contributed by atoms with E-state index in [4.69, 9.17) is 11.6 Å². The molecule has 128 valence electrons. The van der Waals surface area contributed by atoms with Crippen LogP contribution in [-0.2, 0) is 19.9 Å². The van der Waals surface area contributed by atoms with E-state index in [9.17, 15) is 16.8 Å². The van der Waals surface area contributed by atoms with E-state index in [-0.39, 0.29) is 17.0 Å². The van der Waals surface area contributed by atoms with Crippen LogP contribution in [0.25, 0.3) is 0 Å². The first-order chi connectivity index (χ1) is 10.6. The van der Waals surface area contributed by atoms with E-state index in [1.807, 2.05) is 0 Å². The van der Waals surface area contributed by atoms with E-state index in [1.54, 1.807) is 25.1 Å². The summed E-state index contributed by atoms with van der Waals surface area (Å²) in [6.45, 7) is 1.69. The molecular weight excluding hydrogens is 358 g/mol. The van der Waals surface area contributed by atoms with Gasteiger partial charge in [0.1, 0.15) is 9.84 Å². The number of benzene rings is 1. The van der Waals surface area contributed by atoms with Crippen LogP contribution in [-0.4, -0.2) is 44.7 Å². The average molecular weight is 378 g/mol. The standard InChI is InChI=1S/C15H20ClNO4S2/c1-10-14(16)4-3-5-15(10)23(20,21)17-11-6-7-12(17)9-13(8-11)22(2,18)19/h3-5,11-13H,6-9H2,1-2H3. The zero-order valence-corrected chi connectivity index (χ0v) is 15.5. The molecule has 2 bridgehead atoms. The quantitative estimate of drug-likeness (QED) is 0.810. The minimum absolute atomic E-state index is 0.222. The Balaban J connectivity index is 1.98. The van der Waals surface area contributed by atoms with E-state index in [0.29, 0.717) is 23.4 Å². The molecule has 0 aliphatic carbocycles. The Morgan fingerprint density at radius 3 is 2.17 bits per heavy atom. The smallest absolute Gasteiger partial charge is 0.229 e. The lowest BCUT2D eigenvalue weighted by Crippen LogP contribution is -2.49. The fourth-order valence-corrected chi connectivity index (χ4v) is 7.32. The molecule has 2 fully saturated rings. The van der Waals surface area contributed by atoms with E-state index in [0.717, 1.165) is 12.8 Å². The van der Waals surface area contributed by atoms with Gasteiger partial charge in [0.2, 0.25) is 10.0 Å². The molecule has 8 heteroatoms. The third-order valence-corrected chi connectivity index (χ3v) is 9.16. The van der Waals surface area contributed by atoms with E-state index in [1.165, 1.54) is 10.6 Å². The molecule has 2 saturated heterocycles. The highest BCUT2D eigenvalue weighted by molar-refractivity contribution is 7.91. The maximum Gasteiger partial charge on any atom is 0.243 e. The molecule has 2 aliphatic heterocycles. The molecule has 2 atom stereocenters. The molecule has 0 radical (unpaired) electrons. The fraction of sp³-hybridized carbons (Fsp3) is 0.600. The summed E-state index contributed by atoms with van der Waals surface area (Å²) >= 11 is 6.07. The van der Waals surface area contributed by atoms with Crippen molar-refractivity contribution < 1.29 is 16.8 Å². The Morgan fingerprint density at radius 2 is 1.65 bits per heavy atom. The summed E-state index contributed by atoms with van der Waals surface area (Å²) in [5.74, 6) is 0. The number of hydrogen-bond acceptors (Lipinski definition) is 4. The van der Waals surface area contributed by atoms with E-state index >= 15 is 0 Å². The monoisotopic (exact) mass is 377 g/mol. The van der Waals surface area contributed by atoms with Gasteiger partial charge in [-0.15, -0.1) is 0 Å². The second-order valence-corrected chi connectivity index (χ2v) is 11.1. The van der Waals surface area contributed by atoms with Crippen molar-refractivity contribution in [2.45, 2.75) is 54.8 Å². The summed E-state index contributed by atoms with van der Waals surface area (Å²) in [6.07, 6.45) is 3.44. The molecule has 1 aromatic carbocycles. The maximum absolute atomic E-state index is 13.1. The number of fused-ring (bicyclic) bond motifs is 2. The molecule has 5 nitrogen and oxygen atoms in total. The van der Waals surface area contributed by atoms with Crippen LogP contribution in [0.4, 0.5) is 0 Å². The lowest BCUT2D eigenvalue weighted by molar-refractivity contribution is 0.249. The van der Waals surface area contributed by atoms with Crippen molar-refractivity contribution in [1.82, 2.24) is 4.31 Å². The lowest BCUT2D eigenvalue weighted by atomic mass is 10.1. The molecule has 23 heavy (non-hydrogen) atoms. The molecule has 1 aromatic rings. The minimum atomic E-state index is -3.67. The highest BCUT2D eigenvalue weighted by Gasteiger charge is 2.49. The molecule has 2 aliphatic rings. The molecule has 2 heterocycles. The Bertz CT molecular complexity index is 821. The summed E-state index contributed by atoms with van der Waals surface area (Å²) in [5, 5.41) is -0.0173. The predicted octanol–water partition coefficient (Wildman–Crippen LogP) is 2.38. The van der Waals surface area contributed by atoms with Gasteiger partial charge in [0.05, 0.1) is 10.1 Å². The van der Waals surface area contributed by atoms with Crippen molar-refractivity contribution in [3.63, 3.8) is 0 Å². The zero-order valence-electron chi connectivity index (χ0n) is 13.1. The third kappa shape index (κ3) is 2.92. The van der Waals surface area contributed by atoms with Crippen LogP contribution in [0.15, 0.2) is 23.1 Å². The molecular formula is C15H20ClNO4S2. The maximum atomic E-state index is 13.1. The second kappa shape index (κ2) is 5.72. The fourth-order valence-electron chi connectivity index (χ4n) is 3.81. The van der Waals surface area contributed by atoms with Crippen molar-refractivity contribution in [2.24, 2.45) is 0 Å². The Kier molecular flexibility index (Phi) is 4.28. The number of nitrogens with zero attached hydrogens (tertiary/aromatic N) is 1. The van der Waals surface area contributed by atoms with Gasteiger partial charge in [-0.25, -0.2) is 16.8 Å². The van der Waals surface area contributed by atoms with Crippen LogP contribution in [0.1, 0.15) is 31.2 Å². The van der Waals surface area contributed by atoms with Gasteiger partial charge in [0.25, 0.3) is 0 Å². The summed E-state index contributed by atoms with van der Waals surface area (Å²) < 4.78 is 51.4. The van der Waals surface area contributed by atoms with Gasteiger partial charge in [-0.1, -0.05) is 17.7 Å². The highest BCUT2D eigenvalue weighted by atomic mass is 35.5. The average Bonchev–Trinajstić information content (AvgIpc) is 2.72. The van der Waals surface area contributed by atoms with Crippen molar-refractivity contribution in [2.75, 3.05) is 6.26 Å². The van der Waals surface area contributed by atoms with Gasteiger partial charge in [-0.2, -0.15) is 4.31 Å². The van der Waals surface area contributed by atoms with Gasteiger partial charge >= 0.3 is 0 Å². The van der Waals surface area contributed by atoms with Crippen molar-refractivity contribution in [1.29, 1.82) is 0 Å². The summed E-state index contributed by atoms with van der Waals surface area (Å²) in [5.41, 5.74) is 0.541. The summed E-state index contributed by atoms with van der Waals surface area (Å²) in [7, 11) is -6.81. The first-order valence-electron chi connectivity index (χ1n) is 7.60. The third-order valence-electron chi connectivity index (χ3n) is 5.00. The van der Waals surface area contributed by atoms with Crippen LogP contribution in [0.2, 0.25) is 5.02 Å². The molecule has 0 spiro atoms. The topological polar surface area (TPSA) is 71.5 Å². The molecule has 0 amide bonds. The van der Waals surface area contributed by atoms with Gasteiger partial charge < -0.3 is 0 Å². The van der Waals surface area contributed by atoms with Crippen LogP contribution in [0.3, 0.4) is 0 Å². The first-order valence-corrected chi connectivity index (χ1v) is 11.4. The normalized spacial score (nSPS) is 28.9. The summed E-state index contributed by atoms with van der Waals surface area (Å²) in [4.78, 5) is 0.222. The van der Waals surface area contributed by atoms with Crippen molar-refractivity contribution in [3.05, 3.63) is 28.8 Å². The predicted molar refractivity (Wildman–Crippen MR) is 89.9 cm³/mol. The summed E-state index contributed by atoms with van der Waals surface area (Å²) in [6, 6.07) is 4.39.